The van der Waals surface area contributed by atoms with Gasteiger partial charge in [0.2, 0.25) is 0 Å². The average molecular weight is 328 g/mol. The first-order chi connectivity index (χ1) is 10.5. The molecule has 2 atom stereocenters. The summed E-state index contributed by atoms with van der Waals surface area (Å²) in [5.74, 6) is 0. The molecule has 136 valence electrons. The lowest BCUT2D eigenvalue weighted by atomic mass is 9.89. The van der Waals surface area contributed by atoms with Crippen molar-refractivity contribution in [2.45, 2.75) is 85.0 Å². The lowest BCUT2D eigenvalue weighted by Crippen LogP contribution is -2.39. The van der Waals surface area contributed by atoms with Crippen LogP contribution in [0.2, 0.25) is 0 Å². The Hall–Kier alpha value is -0.810. The van der Waals surface area contributed by atoms with E-state index >= 15 is 0 Å². The van der Waals surface area contributed by atoms with E-state index in [1.54, 1.807) is 4.90 Å². The third-order valence-corrected chi connectivity index (χ3v) is 3.87. The Bertz CT molecular complexity index is 371. The highest BCUT2D eigenvalue weighted by atomic mass is 16.6. The van der Waals surface area contributed by atoms with Crippen molar-refractivity contribution in [2.75, 3.05) is 19.6 Å². The van der Waals surface area contributed by atoms with Crippen molar-refractivity contribution in [1.82, 2.24) is 10.2 Å². The van der Waals surface area contributed by atoms with Crippen molar-refractivity contribution < 1.29 is 14.6 Å². The smallest absolute Gasteiger partial charge is 0.410 e. The van der Waals surface area contributed by atoms with Gasteiger partial charge in [0.15, 0.2) is 0 Å². The van der Waals surface area contributed by atoms with E-state index in [0.29, 0.717) is 19.1 Å². The second-order valence-electron chi connectivity index (χ2n) is 8.92. The standard InChI is InChI=1S/C18H36N2O3/c1-17(2,3)12-15(21)13-19-14-8-7-10-20(11-9-14)16(22)23-18(4,5)6/h14-15,19,21H,7-13H2,1-6H3. The molecule has 0 aromatic carbocycles. The van der Waals surface area contributed by atoms with Crippen molar-refractivity contribution >= 4 is 6.09 Å². The molecule has 0 saturated carbocycles. The minimum absolute atomic E-state index is 0.137. The summed E-state index contributed by atoms with van der Waals surface area (Å²) in [5.41, 5.74) is -0.309. The Balaban J connectivity index is 2.36. The Morgan fingerprint density at radius 2 is 1.87 bits per heavy atom. The van der Waals surface area contributed by atoms with Crippen molar-refractivity contribution in [3.63, 3.8) is 0 Å². The largest absolute Gasteiger partial charge is 0.444 e. The molecule has 0 aromatic rings. The number of nitrogens with zero attached hydrogens (tertiary/aromatic N) is 1. The summed E-state index contributed by atoms with van der Waals surface area (Å²) in [5, 5.41) is 13.6. The highest BCUT2D eigenvalue weighted by molar-refractivity contribution is 5.68. The van der Waals surface area contributed by atoms with Crippen LogP contribution in [0.25, 0.3) is 0 Å². The van der Waals surface area contributed by atoms with Crippen LogP contribution in [0.5, 0.6) is 0 Å². The van der Waals surface area contributed by atoms with Crippen LogP contribution >= 0.6 is 0 Å². The molecule has 2 unspecified atom stereocenters. The van der Waals surface area contributed by atoms with E-state index in [2.05, 4.69) is 26.1 Å². The van der Waals surface area contributed by atoms with Crippen LogP contribution < -0.4 is 5.32 Å². The van der Waals surface area contributed by atoms with E-state index in [9.17, 15) is 9.90 Å². The molecule has 1 fully saturated rings. The van der Waals surface area contributed by atoms with Gasteiger partial charge in [-0.1, -0.05) is 20.8 Å². The van der Waals surface area contributed by atoms with Gasteiger partial charge in [-0.25, -0.2) is 4.79 Å². The zero-order valence-corrected chi connectivity index (χ0v) is 15.8. The Morgan fingerprint density at radius 3 is 2.43 bits per heavy atom. The molecule has 5 heteroatoms. The van der Waals surface area contributed by atoms with Crippen LogP contribution in [-0.4, -0.2) is 53.5 Å². The Kier molecular flexibility index (Phi) is 7.33. The number of likely N-dealkylation sites (tertiary alicyclic amines) is 1. The van der Waals surface area contributed by atoms with Crippen molar-refractivity contribution in [3.05, 3.63) is 0 Å². The summed E-state index contributed by atoms with van der Waals surface area (Å²) >= 11 is 0. The summed E-state index contributed by atoms with van der Waals surface area (Å²) in [6, 6.07) is 0.358. The fraction of sp³-hybridized carbons (Fsp3) is 0.944. The second-order valence-corrected chi connectivity index (χ2v) is 8.92. The minimum atomic E-state index is -0.446. The molecule has 0 radical (unpaired) electrons. The zero-order valence-electron chi connectivity index (χ0n) is 15.8. The summed E-state index contributed by atoms with van der Waals surface area (Å²) < 4.78 is 5.45. The number of ether oxygens (including phenoxy) is 1. The number of nitrogens with one attached hydrogen (secondary N) is 1. The third-order valence-electron chi connectivity index (χ3n) is 3.87. The van der Waals surface area contributed by atoms with Gasteiger partial charge in [0, 0.05) is 25.7 Å². The molecule has 1 amide bonds. The van der Waals surface area contributed by atoms with Gasteiger partial charge in [0.1, 0.15) is 5.60 Å². The molecule has 0 spiro atoms. The highest BCUT2D eigenvalue weighted by Crippen LogP contribution is 2.21. The highest BCUT2D eigenvalue weighted by Gasteiger charge is 2.25. The lowest BCUT2D eigenvalue weighted by molar-refractivity contribution is 0.0255. The van der Waals surface area contributed by atoms with Crippen LogP contribution in [-0.2, 0) is 4.74 Å². The molecule has 0 aliphatic carbocycles. The number of carbonyl (C=O) groups excluding carboxylic acids is 1. The number of hydrogen-bond acceptors (Lipinski definition) is 4. The molecular weight excluding hydrogens is 292 g/mol. The monoisotopic (exact) mass is 328 g/mol. The second kappa shape index (κ2) is 8.34. The maximum Gasteiger partial charge on any atom is 0.410 e. The number of aliphatic hydroxyl groups is 1. The van der Waals surface area contributed by atoms with Crippen LogP contribution in [0.1, 0.15) is 67.2 Å². The molecule has 23 heavy (non-hydrogen) atoms. The summed E-state index contributed by atoms with van der Waals surface area (Å²) in [6.07, 6.45) is 3.15. The normalized spacial score (nSPS) is 21.7. The van der Waals surface area contributed by atoms with E-state index in [1.807, 2.05) is 20.8 Å². The lowest BCUT2D eigenvalue weighted by Gasteiger charge is -2.26. The van der Waals surface area contributed by atoms with Gasteiger partial charge in [-0.15, -0.1) is 0 Å². The first-order valence-electron chi connectivity index (χ1n) is 8.86. The maximum absolute atomic E-state index is 12.1. The summed E-state index contributed by atoms with van der Waals surface area (Å²) in [7, 11) is 0. The van der Waals surface area contributed by atoms with Gasteiger partial charge >= 0.3 is 6.09 Å². The molecule has 1 saturated heterocycles. The quantitative estimate of drug-likeness (QED) is 0.832. The first kappa shape index (κ1) is 20.2. The van der Waals surface area contributed by atoms with E-state index in [4.69, 9.17) is 4.74 Å². The van der Waals surface area contributed by atoms with Crippen LogP contribution in [0.4, 0.5) is 4.79 Å². The predicted molar refractivity (Wildman–Crippen MR) is 93.5 cm³/mol. The summed E-state index contributed by atoms with van der Waals surface area (Å²) in [6.45, 7) is 14.2. The third kappa shape index (κ3) is 9.16. The topological polar surface area (TPSA) is 61.8 Å². The first-order valence-corrected chi connectivity index (χ1v) is 8.86. The minimum Gasteiger partial charge on any atom is -0.444 e. The van der Waals surface area contributed by atoms with Gasteiger partial charge in [-0.3, -0.25) is 0 Å². The molecule has 1 aliphatic rings. The van der Waals surface area contributed by atoms with Gasteiger partial charge in [-0.2, -0.15) is 0 Å². The molecule has 1 rings (SSSR count). The van der Waals surface area contributed by atoms with Gasteiger partial charge in [-0.05, 0) is 51.9 Å². The fourth-order valence-electron chi connectivity index (χ4n) is 2.89. The van der Waals surface area contributed by atoms with E-state index in [-0.39, 0.29) is 17.6 Å². The molecule has 5 nitrogen and oxygen atoms in total. The van der Waals surface area contributed by atoms with Crippen molar-refractivity contribution in [2.24, 2.45) is 5.41 Å². The van der Waals surface area contributed by atoms with Crippen molar-refractivity contribution in [1.29, 1.82) is 0 Å². The van der Waals surface area contributed by atoms with Crippen LogP contribution in [0.15, 0.2) is 0 Å². The number of rotatable bonds is 4. The fourth-order valence-corrected chi connectivity index (χ4v) is 2.89. The molecule has 1 aliphatic heterocycles. The number of hydrogen-bond donors (Lipinski definition) is 2. The number of amides is 1. The predicted octanol–water partition coefficient (Wildman–Crippen LogP) is 3.16. The molecule has 2 N–H and O–H groups in total. The van der Waals surface area contributed by atoms with E-state index in [1.165, 1.54) is 0 Å². The van der Waals surface area contributed by atoms with Crippen molar-refractivity contribution in [3.8, 4) is 0 Å². The maximum atomic E-state index is 12.1. The number of carbonyl (C=O) groups is 1. The van der Waals surface area contributed by atoms with Crippen LogP contribution in [0.3, 0.4) is 0 Å². The molecule has 0 aromatic heterocycles. The van der Waals surface area contributed by atoms with Gasteiger partial charge in [0.05, 0.1) is 6.10 Å². The number of aliphatic hydroxyl groups excluding tert-OH is 1. The zero-order chi connectivity index (χ0) is 17.7. The SMILES string of the molecule is CC(C)(C)CC(O)CNC1CCCN(C(=O)OC(C)(C)C)CC1. The van der Waals surface area contributed by atoms with Gasteiger partial charge in [0.25, 0.3) is 0 Å². The van der Waals surface area contributed by atoms with Gasteiger partial charge < -0.3 is 20.1 Å². The molecule has 0 bridgehead atoms. The molecule has 1 heterocycles. The molecular formula is C18H36N2O3. The summed E-state index contributed by atoms with van der Waals surface area (Å²) in [4.78, 5) is 13.9. The van der Waals surface area contributed by atoms with E-state index in [0.717, 1.165) is 32.2 Å². The van der Waals surface area contributed by atoms with E-state index < -0.39 is 5.60 Å². The Morgan fingerprint density at radius 1 is 1.22 bits per heavy atom. The Labute approximate surface area is 141 Å². The average Bonchev–Trinajstić information content (AvgIpc) is 2.57. The van der Waals surface area contributed by atoms with Crippen LogP contribution in [0, 0.1) is 5.41 Å².